The predicted octanol–water partition coefficient (Wildman–Crippen LogP) is 4.97. The lowest BCUT2D eigenvalue weighted by Crippen LogP contribution is -2.12. The number of hydrogen-bond acceptors (Lipinski definition) is 8. The van der Waals surface area contributed by atoms with Crippen molar-refractivity contribution in [1.29, 1.82) is 0 Å². The van der Waals surface area contributed by atoms with Crippen LogP contribution in [-0.4, -0.2) is 25.9 Å². The first-order chi connectivity index (χ1) is 11.8. The second-order valence-electron chi connectivity index (χ2n) is 5.75. The van der Waals surface area contributed by atoms with Crippen molar-refractivity contribution in [3.05, 3.63) is 38.8 Å². The fourth-order valence-corrected chi connectivity index (χ4v) is 6.26. The van der Waals surface area contributed by atoms with E-state index in [4.69, 9.17) is 0 Å². The summed E-state index contributed by atoms with van der Waals surface area (Å²) in [5, 5.41) is 9.12. The Balaban J connectivity index is 1.79. The summed E-state index contributed by atoms with van der Waals surface area (Å²) in [6.07, 6.45) is 0. The second kappa shape index (κ2) is 7.61. The van der Waals surface area contributed by atoms with E-state index in [-0.39, 0.29) is 10.8 Å². The molecule has 0 aromatic carbocycles. The molecule has 0 radical (unpaired) electrons. The van der Waals surface area contributed by atoms with Crippen LogP contribution in [0.3, 0.4) is 0 Å². The van der Waals surface area contributed by atoms with Gasteiger partial charge in [-0.1, -0.05) is 47.0 Å². The molecule has 0 aliphatic rings. The lowest BCUT2D eigenvalue weighted by atomic mass is 10.2. The Morgan fingerprint density at radius 1 is 1.28 bits per heavy atom. The van der Waals surface area contributed by atoms with Gasteiger partial charge in [0.05, 0.1) is 10.6 Å². The Kier molecular flexibility index (Phi) is 5.67. The molecular weight excluding hydrogens is 392 g/mol. The highest BCUT2D eigenvalue weighted by Gasteiger charge is 2.18. The van der Waals surface area contributed by atoms with Crippen molar-refractivity contribution in [2.45, 2.75) is 41.6 Å². The van der Waals surface area contributed by atoms with Crippen molar-refractivity contribution in [3.8, 4) is 0 Å². The molecule has 0 bridgehead atoms. The minimum absolute atomic E-state index is 0.00764. The van der Waals surface area contributed by atoms with Crippen LogP contribution in [0, 0.1) is 13.8 Å². The van der Waals surface area contributed by atoms with Crippen molar-refractivity contribution in [3.63, 3.8) is 0 Å². The van der Waals surface area contributed by atoms with Crippen LogP contribution in [0.4, 0.5) is 0 Å². The molecule has 0 aliphatic carbocycles. The molecule has 0 unspecified atom stereocenters. The van der Waals surface area contributed by atoms with Crippen molar-refractivity contribution >= 4 is 56.4 Å². The van der Waals surface area contributed by atoms with Crippen LogP contribution in [-0.2, 0) is 0 Å². The number of aryl methyl sites for hydroxylation is 2. The minimum atomic E-state index is -0.0655. The first kappa shape index (κ1) is 18.6. The summed E-state index contributed by atoms with van der Waals surface area (Å²) in [7, 11) is 0. The van der Waals surface area contributed by atoms with Crippen molar-refractivity contribution in [1.82, 2.24) is 20.2 Å². The average Bonchev–Trinajstić information content (AvgIpc) is 3.10. The molecule has 9 heteroatoms. The second-order valence-corrected chi connectivity index (χ2v) is 10.7. The zero-order valence-electron chi connectivity index (χ0n) is 14.4. The zero-order valence-corrected chi connectivity index (χ0v) is 17.6. The Labute approximate surface area is 162 Å². The molecule has 0 saturated heterocycles. The van der Waals surface area contributed by atoms with E-state index < -0.39 is 0 Å². The van der Waals surface area contributed by atoms with Crippen molar-refractivity contribution in [2.24, 2.45) is 0 Å². The van der Waals surface area contributed by atoms with Crippen LogP contribution < -0.4 is 5.56 Å². The van der Waals surface area contributed by atoms with Crippen LogP contribution in [0.15, 0.2) is 25.6 Å². The van der Waals surface area contributed by atoms with E-state index in [9.17, 15) is 4.79 Å². The highest BCUT2D eigenvalue weighted by Crippen LogP contribution is 2.37. The highest BCUT2D eigenvalue weighted by molar-refractivity contribution is 8.03. The van der Waals surface area contributed by atoms with Gasteiger partial charge in [0.1, 0.15) is 10.7 Å². The lowest BCUT2D eigenvalue weighted by molar-refractivity contribution is 0.912. The third kappa shape index (κ3) is 4.16. The number of aromatic nitrogens is 4. The first-order valence-corrected chi connectivity index (χ1v) is 11.1. The monoisotopic (exact) mass is 410 g/mol. The van der Waals surface area contributed by atoms with Crippen LogP contribution in [0.1, 0.15) is 35.4 Å². The zero-order chi connectivity index (χ0) is 18.1. The van der Waals surface area contributed by atoms with Crippen molar-refractivity contribution in [2.75, 3.05) is 5.75 Å². The van der Waals surface area contributed by atoms with Gasteiger partial charge in [-0.2, -0.15) is 0 Å². The number of H-pyrrole nitrogens is 1. The molecule has 3 aromatic heterocycles. The standard InChI is InChI=1S/C16H18N4OS4/c1-7(2)6-22-15-19-20-16(25-15)24-10(5)12-17-13(21)11-8(3)9(4)23-14(11)18-12/h10H,1,6H2,2-5H3,(H,17,18,21)/t10-/m1/s1. The predicted molar refractivity (Wildman–Crippen MR) is 109 cm³/mol. The Hall–Kier alpha value is -1.16. The molecule has 0 fully saturated rings. The van der Waals surface area contributed by atoms with E-state index in [0.29, 0.717) is 11.2 Å². The number of hydrogen-bond donors (Lipinski definition) is 1. The van der Waals surface area contributed by atoms with Gasteiger partial charge in [0.2, 0.25) is 0 Å². The SMILES string of the molecule is C=C(C)CSc1nnc(S[C@H](C)c2nc3sc(C)c(C)c3c(=O)[nH]2)s1. The van der Waals surface area contributed by atoms with E-state index in [1.165, 1.54) is 0 Å². The third-order valence-electron chi connectivity index (χ3n) is 3.55. The molecule has 0 saturated carbocycles. The number of nitrogens with one attached hydrogen (secondary N) is 1. The summed E-state index contributed by atoms with van der Waals surface area (Å²) in [5.41, 5.74) is 2.06. The molecule has 3 heterocycles. The van der Waals surface area contributed by atoms with Gasteiger partial charge in [-0.25, -0.2) is 4.98 Å². The van der Waals surface area contributed by atoms with Gasteiger partial charge in [0.25, 0.3) is 5.56 Å². The van der Waals surface area contributed by atoms with Gasteiger partial charge >= 0.3 is 0 Å². The Morgan fingerprint density at radius 2 is 2.00 bits per heavy atom. The van der Waals surface area contributed by atoms with Gasteiger partial charge < -0.3 is 4.98 Å². The number of thiophene rings is 1. The minimum Gasteiger partial charge on any atom is -0.309 e. The lowest BCUT2D eigenvalue weighted by Gasteiger charge is -2.07. The maximum absolute atomic E-state index is 12.4. The first-order valence-electron chi connectivity index (χ1n) is 7.62. The summed E-state index contributed by atoms with van der Waals surface area (Å²) in [6, 6.07) is 0. The van der Waals surface area contributed by atoms with E-state index in [1.807, 2.05) is 27.7 Å². The molecule has 3 aromatic rings. The summed E-state index contributed by atoms with van der Waals surface area (Å²) in [5.74, 6) is 1.52. The van der Waals surface area contributed by atoms with Gasteiger partial charge in [0.15, 0.2) is 8.68 Å². The number of nitrogens with zero attached hydrogens (tertiary/aromatic N) is 3. The van der Waals surface area contributed by atoms with Crippen LogP contribution in [0.5, 0.6) is 0 Å². The molecular formula is C16H18N4OS4. The molecule has 3 rings (SSSR count). The third-order valence-corrected chi connectivity index (χ3v) is 8.13. The Bertz CT molecular complexity index is 988. The normalized spacial score (nSPS) is 12.6. The fraction of sp³-hybridized carbons (Fsp3) is 0.375. The topological polar surface area (TPSA) is 71.5 Å². The molecule has 25 heavy (non-hydrogen) atoms. The summed E-state index contributed by atoms with van der Waals surface area (Å²) < 4.78 is 1.80. The van der Waals surface area contributed by atoms with Gasteiger partial charge in [0, 0.05) is 10.6 Å². The molecule has 0 spiro atoms. The number of aromatic amines is 1. The number of fused-ring (bicyclic) bond motifs is 1. The maximum Gasteiger partial charge on any atom is 0.259 e. The van der Waals surface area contributed by atoms with Gasteiger partial charge in [-0.3, -0.25) is 4.79 Å². The summed E-state index contributed by atoms with van der Waals surface area (Å²) >= 11 is 6.33. The van der Waals surface area contributed by atoms with E-state index in [1.54, 1.807) is 46.2 Å². The van der Waals surface area contributed by atoms with Crippen LogP contribution >= 0.6 is 46.2 Å². The summed E-state index contributed by atoms with van der Waals surface area (Å²) in [4.78, 5) is 21.9. The largest absolute Gasteiger partial charge is 0.309 e. The molecule has 1 atom stereocenters. The molecule has 5 nitrogen and oxygen atoms in total. The Morgan fingerprint density at radius 3 is 2.72 bits per heavy atom. The quantitative estimate of drug-likeness (QED) is 0.457. The number of rotatable bonds is 6. The van der Waals surface area contributed by atoms with Gasteiger partial charge in [-0.15, -0.1) is 21.5 Å². The molecule has 132 valence electrons. The molecule has 0 aliphatic heterocycles. The van der Waals surface area contributed by atoms with E-state index in [0.717, 1.165) is 35.3 Å². The van der Waals surface area contributed by atoms with Crippen molar-refractivity contribution < 1.29 is 0 Å². The number of thioether (sulfide) groups is 2. The van der Waals surface area contributed by atoms with E-state index in [2.05, 4.69) is 26.7 Å². The van der Waals surface area contributed by atoms with Gasteiger partial charge in [-0.05, 0) is 33.3 Å². The highest BCUT2D eigenvalue weighted by atomic mass is 32.2. The van der Waals surface area contributed by atoms with Crippen LogP contribution in [0.2, 0.25) is 0 Å². The van der Waals surface area contributed by atoms with Crippen LogP contribution in [0.25, 0.3) is 10.2 Å². The maximum atomic E-state index is 12.4. The summed E-state index contributed by atoms with van der Waals surface area (Å²) in [6.45, 7) is 11.9. The average molecular weight is 411 g/mol. The smallest absolute Gasteiger partial charge is 0.259 e. The molecule has 1 N–H and O–H groups in total. The fourth-order valence-electron chi connectivity index (χ4n) is 2.16. The molecule has 0 amide bonds. The van der Waals surface area contributed by atoms with E-state index >= 15 is 0 Å².